The van der Waals surface area contributed by atoms with Crippen LogP contribution in [0.4, 0.5) is 0 Å². The van der Waals surface area contributed by atoms with E-state index in [1.165, 1.54) is 24.6 Å². The van der Waals surface area contributed by atoms with Crippen molar-refractivity contribution < 1.29 is 0 Å². The van der Waals surface area contributed by atoms with E-state index < -0.39 is 0 Å². The molecule has 0 nitrogen and oxygen atoms in total. The maximum Gasteiger partial charge on any atom is 0.00704 e. The summed E-state index contributed by atoms with van der Waals surface area (Å²) in [5.41, 5.74) is 1.26. The molecule has 2 rings (SSSR count). The Morgan fingerprint density at radius 1 is 1.25 bits per heavy atom. The summed E-state index contributed by atoms with van der Waals surface area (Å²) >= 11 is 3.65. The lowest BCUT2D eigenvalue weighted by molar-refractivity contribution is 0.159. The fourth-order valence-corrected chi connectivity index (χ4v) is 4.79. The van der Waals surface area contributed by atoms with Crippen LogP contribution in [0, 0.1) is 22.7 Å². The van der Waals surface area contributed by atoms with Crippen molar-refractivity contribution in [1.82, 2.24) is 0 Å². The molecule has 0 aromatic rings. The molecule has 2 saturated carbocycles. The highest BCUT2D eigenvalue weighted by Crippen LogP contribution is 2.75. The second-order valence-corrected chi connectivity index (χ2v) is 5.99. The molecule has 12 heavy (non-hydrogen) atoms. The zero-order chi connectivity index (χ0) is 8.98. The molecule has 2 atom stereocenters. The molecule has 0 spiro atoms. The van der Waals surface area contributed by atoms with Gasteiger partial charge >= 0.3 is 0 Å². The number of halogens is 1. The van der Waals surface area contributed by atoms with Crippen LogP contribution in [0.5, 0.6) is 0 Å². The number of hydrogen-bond donors (Lipinski definition) is 0. The second-order valence-electron chi connectivity index (χ2n) is 5.34. The Labute approximate surface area is 84.2 Å². The SMILES string of the molecule is CC1(C)C(CBr)C1(C)C1CCC1. The monoisotopic (exact) mass is 230 g/mol. The molecule has 0 bridgehead atoms. The van der Waals surface area contributed by atoms with Gasteiger partial charge in [-0.2, -0.15) is 0 Å². The molecular formula is C11H19Br. The highest BCUT2D eigenvalue weighted by Gasteiger charge is 2.70. The standard InChI is InChI=1S/C11H19Br/c1-10(2)9(7-12)11(10,3)8-5-4-6-8/h8-9H,4-7H2,1-3H3. The summed E-state index contributed by atoms with van der Waals surface area (Å²) in [6, 6.07) is 0. The first-order valence-corrected chi connectivity index (χ1v) is 6.23. The lowest BCUT2D eigenvalue weighted by Gasteiger charge is -2.34. The molecule has 0 saturated heterocycles. The van der Waals surface area contributed by atoms with Gasteiger partial charge < -0.3 is 0 Å². The summed E-state index contributed by atoms with van der Waals surface area (Å²) in [6.45, 7) is 7.39. The third-order valence-corrected chi connectivity index (χ3v) is 5.66. The molecule has 0 aromatic heterocycles. The largest absolute Gasteiger partial charge is 0.0925 e. The minimum atomic E-state index is 0.599. The van der Waals surface area contributed by atoms with Crippen molar-refractivity contribution in [2.75, 3.05) is 5.33 Å². The predicted molar refractivity (Wildman–Crippen MR) is 56.5 cm³/mol. The Morgan fingerprint density at radius 3 is 2.08 bits per heavy atom. The summed E-state index contributed by atoms with van der Waals surface area (Å²) in [5, 5.41) is 1.20. The first kappa shape index (κ1) is 9.05. The van der Waals surface area contributed by atoms with Crippen molar-refractivity contribution in [2.24, 2.45) is 22.7 Å². The van der Waals surface area contributed by atoms with Crippen LogP contribution in [0.15, 0.2) is 0 Å². The van der Waals surface area contributed by atoms with E-state index in [0.29, 0.717) is 10.8 Å². The van der Waals surface area contributed by atoms with Crippen LogP contribution in [-0.2, 0) is 0 Å². The van der Waals surface area contributed by atoms with Crippen molar-refractivity contribution in [3.05, 3.63) is 0 Å². The van der Waals surface area contributed by atoms with E-state index in [1.807, 2.05) is 0 Å². The Bertz CT molecular complexity index is 193. The minimum Gasteiger partial charge on any atom is -0.0925 e. The average molecular weight is 231 g/mol. The van der Waals surface area contributed by atoms with Crippen LogP contribution < -0.4 is 0 Å². The number of rotatable bonds is 2. The first-order chi connectivity index (χ1) is 5.55. The van der Waals surface area contributed by atoms with Crippen molar-refractivity contribution >= 4 is 15.9 Å². The van der Waals surface area contributed by atoms with E-state index in [0.717, 1.165) is 11.8 Å². The van der Waals surface area contributed by atoms with Gasteiger partial charge in [0, 0.05) is 5.33 Å². The van der Waals surface area contributed by atoms with Crippen LogP contribution in [0.25, 0.3) is 0 Å². The van der Waals surface area contributed by atoms with E-state index in [-0.39, 0.29) is 0 Å². The fourth-order valence-electron chi connectivity index (χ4n) is 3.31. The molecule has 0 aromatic carbocycles. The molecule has 1 heteroatoms. The highest BCUT2D eigenvalue weighted by molar-refractivity contribution is 9.09. The molecule has 0 amide bonds. The topological polar surface area (TPSA) is 0 Å². The molecule has 0 radical (unpaired) electrons. The van der Waals surface area contributed by atoms with E-state index in [9.17, 15) is 0 Å². The molecule has 2 aliphatic rings. The normalized spacial score (nSPS) is 45.5. The van der Waals surface area contributed by atoms with Gasteiger partial charge in [-0.25, -0.2) is 0 Å². The van der Waals surface area contributed by atoms with Crippen molar-refractivity contribution in [3.8, 4) is 0 Å². The Balaban J connectivity index is 2.12. The third kappa shape index (κ3) is 0.840. The van der Waals surface area contributed by atoms with Crippen LogP contribution in [0.3, 0.4) is 0 Å². The zero-order valence-electron chi connectivity index (χ0n) is 8.36. The third-order valence-electron chi connectivity index (χ3n) is 5.01. The summed E-state index contributed by atoms with van der Waals surface area (Å²) in [4.78, 5) is 0. The predicted octanol–water partition coefficient (Wildman–Crippen LogP) is 3.84. The van der Waals surface area contributed by atoms with Crippen molar-refractivity contribution in [2.45, 2.75) is 40.0 Å². The fraction of sp³-hybridized carbons (Fsp3) is 1.00. The van der Waals surface area contributed by atoms with Gasteiger partial charge in [0.15, 0.2) is 0 Å². The summed E-state index contributed by atoms with van der Waals surface area (Å²) < 4.78 is 0. The Hall–Kier alpha value is 0.480. The molecule has 2 unspecified atom stereocenters. The molecular weight excluding hydrogens is 212 g/mol. The van der Waals surface area contributed by atoms with Gasteiger partial charge in [0.25, 0.3) is 0 Å². The maximum absolute atomic E-state index is 3.65. The Morgan fingerprint density at radius 2 is 1.83 bits per heavy atom. The maximum atomic E-state index is 3.65. The second kappa shape index (κ2) is 2.50. The van der Waals surface area contributed by atoms with E-state index in [4.69, 9.17) is 0 Å². The van der Waals surface area contributed by atoms with Gasteiger partial charge in [0.05, 0.1) is 0 Å². The van der Waals surface area contributed by atoms with E-state index in [1.54, 1.807) is 0 Å². The van der Waals surface area contributed by atoms with Gasteiger partial charge in [0.1, 0.15) is 0 Å². The van der Waals surface area contributed by atoms with Gasteiger partial charge in [0.2, 0.25) is 0 Å². The number of hydrogen-bond acceptors (Lipinski definition) is 0. The van der Waals surface area contributed by atoms with E-state index >= 15 is 0 Å². The van der Waals surface area contributed by atoms with Crippen molar-refractivity contribution in [1.29, 1.82) is 0 Å². The zero-order valence-corrected chi connectivity index (χ0v) is 9.95. The lowest BCUT2D eigenvalue weighted by Crippen LogP contribution is -2.25. The quantitative estimate of drug-likeness (QED) is 0.633. The molecule has 2 fully saturated rings. The van der Waals surface area contributed by atoms with E-state index in [2.05, 4.69) is 36.7 Å². The van der Waals surface area contributed by atoms with Gasteiger partial charge in [-0.15, -0.1) is 0 Å². The molecule has 0 heterocycles. The molecule has 70 valence electrons. The smallest absolute Gasteiger partial charge is 0.00704 e. The Kier molecular flexibility index (Phi) is 1.88. The van der Waals surface area contributed by atoms with Crippen LogP contribution >= 0.6 is 15.9 Å². The summed E-state index contributed by atoms with van der Waals surface area (Å²) in [7, 11) is 0. The summed E-state index contributed by atoms with van der Waals surface area (Å²) in [6.07, 6.45) is 4.46. The van der Waals surface area contributed by atoms with Crippen LogP contribution in [0.1, 0.15) is 40.0 Å². The van der Waals surface area contributed by atoms with Crippen LogP contribution in [0.2, 0.25) is 0 Å². The summed E-state index contributed by atoms with van der Waals surface area (Å²) in [5.74, 6) is 1.96. The van der Waals surface area contributed by atoms with Crippen molar-refractivity contribution in [3.63, 3.8) is 0 Å². The van der Waals surface area contributed by atoms with Crippen LogP contribution in [-0.4, -0.2) is 5.33 Å². The molecule has 0 N–H and O–H groups in total. The molecule has 0 aliphatic heterocycles. The minimum absolute atomic E-state index is 0.599. The van der Waals surface area contributed by atoms with Gasteiger partial charge in [-0.1, -0.05) is 43.1 Å². The van der Waals surface area contributed by atoms with Gasteiger partial charge in [-0.05, 0) is 35.5 Å². The van der Waals surface area contributed by atoms with Gasteiger partial charge in [-0.3, -0.25) is 0 Å². The lowest BCUT2D eigenvalue weighted by atomic mass is 9.71. The highest BCUT2D eigenvalue weighted by atomic mass is 79.9. The number of alkyl halides is 1. The molecule has 2 aliphatic carbocycles. The first-order valence-electron chi connectivity index (χ1n) is 5.11. The average Bonchev–Trinajstić information content (AvgIpc) is 2.23.